The number of phenols is 1. The number of rotatable bonds is 4. The number of aromatic nitrogens is 2. The first-order valence-electron chi connectivity index (χ1n) is 5.41. The molecule has 0 saturated heterocycles. The lowest BCUT2D eigenvalue weighted by molar-refractivity contribution is 0.419. The van der Waals surface area contributed by atoms with Crippen molar-refractivity contribution < 1.29 is 9.63 Å². The Hall–Kier alpha value is -1.49. The Bertz CT molecular complexity index is 511. The van der Waals surface area contributed by atoms with E-state index < -0.39 is 0 Å². The van der Waals surface area contributed by atoms with Crippen molar-refractivity contribution in [3.63, 3.8) is 0 Å². The Morgan fingerprint density at radius 2 is 2.24 bits per heavy atom. The number of benzene rings is 1. The van der Waals surface area contributed by atoms with E-state index in [-0.39, 0.29) is 5.75 Å². The third-order valence-electron chi connectivity index (χ3n) is 2.29. The molecule has 2 aromatic rings. The lowest BCUT2D eigenvalue weighted by Gasteiger charge is -1.99. The molecule has 0 saturated carbocycles. The molecule has 0 radical (unpaired) electrons. The third kappa shape index (κ3) is 2.79. The first-order valence-corrected chi connectivity index (χ1v) is 6.56. The quantitative estimate of drug-likeness (QED) is 0.903. The molecule has 0 unspecified atom stereocenters. The van der Waals surface area contributed by atoms with Crippen LogP contribution < -0.4 is 0 Å². The number of aryl methyl sites for hydroxylation is 1. The number of phenolic OH excluding ortho intramolecular Hbond substituents is 1. The standard InChI is InChI=1S/C12H14N2O2S/c1-3-17-7-11-13-12(16-14-11)9-5-4-8(2)6-10(9)15/h4-6,15H,3,7H2,1-2H3. The molecule has 0 bridgehead atoms. The van der Waals surface area contributed by atoms with Crippen LogP contribution in [0.5, 0.6) is 5.75 Å². The molecule has 0 fully saturated rings. The maximum Gasteiger partial charge on any atom is 0.261 e. The van der Waals surface area contributed by atoms with Crippen molar-refractivity contribution in [2.24, 2.45) is 0 Å². The monoisotopic (exact) mass is 250 g/mol. The van der Waals surface area contributed by atoms with Crippen LogP contribution in [0.25, 0.3) is 11.5 Å². The van der Waals surface area contributed by atoms with E-state index in [0.29, 0.717) is 17.3 Å². The lowest BCUT2D eigenvalue weighted by Crippen LogP contribution is -1.85. The van der Waals surface area contributed by atoms with Gasteiger partial charge in [0.1, 0.15) is 5.75 Å². The fourth-order valence-electron chi connectivity index (χ4n) is 1.44. The van der Waals surface area contributed by atoms with Gasteiger partial charge in [-0.15, -0.1) is 0 Å². The molecule has 0 aliphatic carbocycles. The van der Waals surface area contributed by atoms with Crippen molar-refractivity contribution in [1.82, 2.24) is 10.1 Å². The zero-order valence-corrected chi connectivity index (χ0v) is 10.6. The summed E-state index contributed by atoms with van der Waals surface area (Å²) in [6.45, 7) is 4.00. The number of hydrogen-bond acceptors (Lipinski definition) is 5. The molecule has 17 heavy (non-hydrogen) atoms. The summed E-state index contributed by atoms with van der Waals surface area (Å²) in [6.07, 6.45) is 0. The summed E-state index contributed by atoms with van der Waals surface area (Å²) >= 11 is 1.73. The molecule has 5 heteroatoms. The van der Waals surface area contributed by atoms with Gasteiger partial charge in [-0.25, -0.2) is 0 Å². The van der Waals surface area contributed by atoms with Gasteiger partial charge in [-0.3, -0.25) is 0 Å². The number of thioether (sulfide) groups is 1. The average Bonchev–Trinajstić information content (AvgIpc) is 2.75. The lowest BCUT2D eigenvalue weighted by atomic mass is 10.1. The topological polar surface area (TPSA) is 59.2 Å². The second kappa shape index (κ2) is 5.23. The van der Waals surface area contributed by atoms with Crippen LogP contribution in [0, 0.1) is 6.92 Å². The summed E-state index contributed by atoms with van der Waals surface area (Å²) in [4.78, 5) is 4.25. The van der Waals surface area contributed by atoms with E-state index in [2.05, 4.69) is 17.1 Å². The van der Waals surface area contributed by atoms with Gasteiger partial charge >= 0.3 is 0 Å². The van der Waals surface area contributed by atoms with Crippen LogP contribution in [0.2, 0.25) is 0 Å². The zero-order valence-electron chi connectivity index (χ0n) is 9.80. The van der Waals surface area contributed by atoms with E-state index >= 15 is 0 Å². The molecule has 0 amide bonds. The van der Waals surface area contributed by atoms with Crippen LogP contribution in [-0.2, 0) is 5.75 Å². The molecule has 0 spiro atoms. The van der Waals surface area contributed by atoms with Gasteiger partial charge in [-0.05, 0) is 30.4 Å². The minimum absolute atomic E-state index is 0.170. The molecule has 0 aliphatic rings. The van der Waals surface area contributed by atoms with Crippen LogP contribution in [0.15, 0.2) is 22.7 Å². The molecule has 1 heterocycles. The summed E-state index contributed by atoms with van der Waals surface area (Å²) in [5.74, 6) is 2.94. The van der Waals surface area contributed by atoms with Crippen LogP contribution >= 0.6 is 11.8 Å². The van der Waals surface area contributed by atoms with Crippen molar-refractivity contribution in [2.75, 3.05) is 5.75 Å². The normalized spacial score (nSPS) is 10.7. The highest BCUT2D eigenvalue weighted by molar-refractivity contribution is 7.98. The van der Waals surface area contributed by atoms with E-state index in [9.17, 15) is 5.11 Å². The molecule has 0 atom stereocenters. The molecule has 0 aliphatic heterocycles. The van der Waals surface area contributed by atoms with E-state index in [0.717, 1.165) is 17.1 Å². The Kier molecular flexibility index (Phi) is 3.68. The molecule has 1 aromatic carbocycles. The van der Waals surface area contributed by atoms with Gasteiger partial charge in [0.15, 0.2) is 5.82 Å². The molecule has 2 rings (SSSR count). The van der Waals surface area contributed by atoms with Gasteiger partial charge in [0.25, 0.3) is 5.89 Å². The van der Waals surface area contributed by atoms with E-state index in [1.54, 1.807) is 23.9 Å². The third-order valence-corrected chi connectivity index (χ3v) is 3.16. The largest absolute Gasteiger partial charge is 0.507 e. The van der Waals surface area contributed by atoms with Crippen molar-refractivity contribution in [3.05, 3.63) is 29.6 Å². The molecule has 90 valence electrons. The summed E-state index contributed by atoms with van der Waals surface area (Å²) in [6, 6.07) is 5.37. The molecular weight excluding hydrogens is 236 g/mol. The van der Waals surface area contributed by atoms with E-state index in [1.807, 2.05) is 13.0 Å². The summed E-state index contributed by atoms with van der Waals surface area (Å²) in [5, 5.41) is 13.7. The summed E-state index contributed by atoms with van der Waals surface area (Å²) in [5.41, 5.74) is 1.57. The molecule has 4 nitrogen and oxygen atoms in total. The zero-order chi connectivity index (χ0) is 12.3. The Morgan fingerprint density at radius 1 is 1.41 bits per heavy atom. The first kappa shape index (κ1) is 12.0. The fraction of sp³-hybridized carbons (Fsp3) is 0.333. The van der Waals surface area contributed by atoms with Crippen molar-refractivity contribution in [2.45, 2.75) is 19.6 Å². The van der Waals surface area contributed by atoms with Crippen molar-refractivity contribution in [3.8, 4) is 17.2 Å². The fourth-order valence-corrected chi connectivity index (χ4v) is 1.94. The summed E-state index contributed by atoms with van der Waals surface area (Å²) < 4.78 is 5.13. The number of nitrogens with zero attached hydrogens (tertiary/aromatic N) is 2. The van der Waals surface area contributed by atoms with E-state index in [1.165, 1.54) is 0 Å². The Labute approximate surface area is 104 Å². The predicted octanol–water partition coefficient (Wildman–Crippen LogP) is 3.00. The van der Waals surface area contributed by atoms with Gasteiger partial charge in [0.2, 0.25) is 0 Å². The second-order valence-corrected chi connectivity index (χ2v) is 4.95. The van der Waals surface area contributed by atoms with Crippen molar-refractivity contribution in [1.29, 1.82) is 0 Å². The smallest absolute Gasteiger partial charge is 0.261 e. The average molecular weight is 250 g/mol. The van der Waals surface area contributed by atoms with Gasteiger partial charge in [0.05, 0.1) is 11.3 Å². The van der Waals surface area contributed by atoms with Gasteiger partial charge in [-0.1, -0.05) is 18.1 Å². The van der Waals surface area contributed by atoms with Crippen LogP contribution in [0.3, 0.4) is 0 Å². The SMILES string of the molecule is CCSCc1noc(-c2ccc(C)cc2O)n1. The van der Waals surface area contributed by atoms with Crippen LogP contribution in [-0.4, -0.2) is 21.0 Å². The minimum Gasteiger partial charge on any atom is -0.507 e. The first-order chi connectivity index (χ1) is 8.20. The van der Waals surface area contributed by atoms with Crippen molar-refractivity contribution >= 4 is 11.8 Å². The van der Waals surface area contributed by atoms with Gasteiger partial charge in [0, 0.05) is 0 Å². The maximum atomic E-state index is 9.80. The predicted molar refractivity (Wildman–Crippen MR) is 68.0 cm³/mol. The Balaban J connectivity index is 2.24. The maximum absolute atomic E-state index is 9.80. The minimum atomic E-state index is 0.170. The van der Waals surface area contributed by atoms with E-state index in [4.69, 9.17) is 4.52 Å². The summed E-state index contributed by atoms with van der Waals surface area (Å²) in [7, 11) is 0. The van der Waals surface area contributed by atoms with Gasteiger partial charge in [-0.2, -0.15) is 16.7 Å². The number of hydrogen-bond donors (Lipinski definition) is 1. The molecular formula is C12H14N2O2S. The van der Waals surface area contributed by atoms with Crippen LogP contribution in [0.4, 0.5) is 0 Å². The highest BCUT2D eigenvalue weighted by Crippen LogP contribution is 2.28. The molecule has 1 N–H and O–H groups in total. The molecule has 1 aromatic heterocycles. The number of aromatic hydroxyl groups is 1. The highest BCUT2D eigenvalue weighted by Gasteiger charge is 2.12. The van der Waals surface area contributed by atoms with Crippen LogP contribution in [0.1, 0.15) is 18.3 Å². The second-order valence-electron chi connectivity index (χ2n) is 3.67. The van der Waals surface area contributed by atoms with Gasteiger partial charge < -0.3 is 9.63 Å². The highest BCUT2D eigenvalue weighted by atomic mass is 32.2. The Morgan fingerprint density at radius 3 is 2.94 bits per heavy atom.